The van der Waals surface area contributed by atoms with Gasteiger partial charge in [0.25, 0.3) is 0 Å². The Hall–Kier alpha value is -2.20. The van der Waals surface area contributed by atoms with E-state index in [0.29, 0.717) is 17.7 Å². The summed E-state index contributed by atoms with van der Waals surface area (Å²) in [5.41, 5.74) is 1.22. The number of carbonyl (C=O) groups excluding carboxylic acids is 1. The second kappa shape index (κ2) is 7.55. The van der Waals surface area contributed by atoms with E-state index in [4.69, 9.17) is 9.84 Å². The number of para-hydroxylation sites is 1. The molecule has 0 saturated carbocycles. The summed E-state index contributed by atoms with van der Waals surface area (Å²) < 4.78 is 18.9. The molecule has 0 aliphatic carbocycles. The third-order valence-electron chi connectivity index (χ3n) is 3.09. The third kappa shape index (κ3) is 4.39. The number of Topliss-reactive ketones (excluding diaryl/α,β-unsaturated/α-hetero) is 1. The lowest BCUT2D eigenvalue weighted by atomic mass is 10.1. The number of carbonyl (C=O) groups is 1. The van der Waals surface area contributed by atoms with E-state index >= 15 is 0 Å². The Kier molecular flexibility index (Phi) is 5.46. The first-order valence-corrected chi connectivity index (χ1v) is 6.77. The van der Waals surface area contributed by atoms with Crippen LogP contribution in [-0.2, 0) is 17.6 Å². The molecule has 0 unspecified atom stereocenters. The fourth-order valence-corrected chi connectivity index (χ4v) is 2.04. The van der Waals surface area contributed by atoms with Gasteiger partial charge in [-0.3, -0.25) is 4.79 Å². The Morgan fingerprint density at radius 3 is 2.43 bits per heavy atom. The molecular weight excluding hydrogens is 271 g/mol. The minimum atomic E-state index is -0.383. The summed E-state index contributed by atoms with van der Waals surface area (Å²) in [7, 11) is 0. The number of ether oxygens (including phenoxy) is 1. The Labute approximate surface area is 123 Å². The van der Waals surface area contributed by atoms with Crippen molar-refractivity contribution in [3.63, 3.8) is 0 Å². The van der Waals surface area contributed by atoms with Crippen molar-refractivity contribution in [3.8, 4) is 5.75 Å². The zero-order valence-corrected chi connectivity index (χ0v) is 11.6. The maximum Gasteiger partial charge on any atom is 0.174 e. The van der Waals surface area contributed by atoms with Crippen molar-refractivity contribution in [3.05, 3.63) is 65.5 Å². The molecule has 2 aromatic carbocycles. The van der Waals surface area contributed by atoms with Crippen LogP contribution in [0, 0.1) is 5.82 Å². The molecular formula is C17H17FO3. The molecule has 0 saturated heterocycles. The standard InChI is InChI=1S/C17H17FO3/c18-16-7-3-1-6-14(16)11-15(20)12-21-17-8-4-2-5-13(17)9-10-19/h1-8,19H,9-12H2. The predicted molar refractivity (Wildman–Crippen MR) is 77.8 cm³/mol. The minimum Gasteiger partial charge on any atom is -0.486 e. The summed E-state index contributed by atoms with van der Waals surface area (Å²) in [6, 6.07) is 13.5. The molecule has 0 aliphatic heterocycles. The maximum atomic E-state index is 13.5. The molecule has 0 atom stereocenters. The van der Waals surface area contributed by atoms with Crippen LogP contribution in [0.15, 0.2) is 48.5 Å². The number of ketones is 1. The van der Waals surface area contributed by atoms with Gasteiger partial charge in [0.2, 0.25) is 0 Å². The van der Waals surface area contributed by atoms with E-state index in [0.717, 1.165) is 5.56 Å². The number of benzene rings is 2. The first-order chi connectivity index (χ1) is 10.2. The quantitative estimate of drug-likeness (QED) is 0.851. The molecule has 0 amide bonds. The highest BCUT2D eigenvalue weighted by atomic mass is 19.1. The average Bonchev–Trinajstić information content (AvgIpc) is 2.49. The number of aliphatic hydroxyl groups is 1. The summed E-state index contributed by atoms with van der Waals surface area (Å²) in [4.78, 5) is 11.9. The van der Waals surface area contributed by atoms with Gasteiger partial charge in [0.05, 0.1) is 0 Å². The van der Waals surface area contributed by atoms with Crippen LogP contribution in [-0.4, -0.2) is 24.1 Å². The molecule has 0 heterocycles. The van der Waals surface area contributed by atoms with Crippen LogP contribution >= 0.6 is 0 Å². The molecule has 0 fully saturated rings. The van der Waals surface area contributed by atoms with Crippen LogP contribution in [0.1, 0.15) is 11.1 Å². The van der Waals surface area contributed by atoms with E-state index in [-0.39, 0.29) is 31.2 Å². The number of hydrogen-bond donors (Lipinski definition) is 1. The lowest BCUT2D eigenvalue weighted by Crippen LogP contribution is -2.15. The fourth-order valence-electron chi connectivity index (χ4n) is 2.04. The smallest absolute Gasteiger partial charge is 0.174 e. The Bertz CT molecular complexity index is 610. The second-order valence-corrected chi connectivity index (χ2v) is 4.68. The Morgan fingerprint density at radius 1 is 1.05 bits per heavy atom. The number of halogens is 1. The van der Waals surface area contributed by atoms with E-state index in [1.807, 2.05) is 12.1 Å². The summed E-state index contributed by atoms with van der Waals surface area (Å²) in [6.45, 7) is -0.0969. The van der Waals surface area contributed by atoms with Crippen molar-refractivity contribution < 1.29 is 19.0 Å². The van der Waals surface area contributed by atoms with Crippen LogP contribution in [0.5, 0.6) is 5.75 Å². The lowest BCUT2D eigenvalue weighted by molar-refractivity contribution is -0.120. The van der Waals surface area contributed by atoms with Crippen LogP contribution in [0.2, 0.25) is 0 Å². The summed E-state index contributed by atoms with van der Waals surface area (Å²) in [5.74, 6) is -0.00105. The Balaban J connectivity index is 1.94. The monoisotopic (exact) mass is 288 g/mol. The van der Waals surface area contributed by atoms with Crippen molar-refractivity contribution in [2.75, 3.05) is 13.2 Å². The Morgan fingerprint density at radius 2 is 1.71 bits per heavy atom. The third-order valence-corrected chi connectivity index (χ3v) is 3.09. The van der Waals surface area contributed by atoms with E-state index in [1.165, 1.54) is 6.07 Å². The van der Waals surface area contributed by atoms with E-state index in [1.54, 1.807) is 30.3 Å². The van der Waals surface area contributed by atoms with Crippen LogP contribution in [0.3, 0.4) is 0 Å². The van der Waals surface area contributed by atoms with Gasteiger partial charge in [-0.2, -0.15) is 0 Å². The summed E-state index contributed by atoms with van der Waals surface area (Å²) >= 11 is 0. The molecule has 2 rings (SSSR count). The van der Waals surface area contributed by atoms with Crippen molar-refractivity contribution in [1.82, 2.24) is 0 Å². The molecule has 0 aromatic heterocycles. The molecule has 1 N–H and O–H groups in total. The minimum absolute atomic E-state index is 0.00877. The second-order valence-electron chi connectivity index (χ2n) is 4.68. The van der Waals surface area contributed by atoms with Gasteiger partial charge in [-0.1, -0.05) is 36.4 Å². The van der Waals surface area contributed by atoms with E-state index in [2.05, 4.69) is 0 Å². The van der Waals surface area contributed by atoms with E-state index < -0.39 is 0 Å². The number of aliphatic hydroxyl groups excluding tert-OH is 1. The van der Waals surface area contributed by atoms with Gasteiger partial charge in [-0.25, -0.2) is 4.39 Å². The SMILES string of the molecule is O=C(COc1ccccc1CCO)Cc1ccccc1F. The normalized spacial score (nSPS) is 10.4. The van der Waals surface area contributed by atoms with Gasteiger partial charge in [-0.05, 0) is 29.7 Å². The largest absolute Gasteiger partial charge is 0.486 e. The lowest BCUT2D eigenvalue weighted by Gasteiger charge is -2.10. The maximum absolute atomic E-state index is 13.5. The predicted octanol–water partition coefficient (Wildman–Crippen LogP) is 2.55. The van der Waals surface area contributed by atoms with Crippen LogP contribution < -0.4 is 4.74 Å². The topological polar surface area (TPSA) is 46.5 Å². The molecule has 0 radical (unpaired) electrons. The van der Waals surface area contributed by atoms with Crippen molar-refractivity contribution >= 4 is 5.78 Å². The first kappa shape index (κ1) is 15.2. The van der Waals surface area contributed by atoms with E-state index in [9.17, 15) is 9.18 Å². The van der Waals surface area contributed by atoms with Crippen molar-refractivity contribution in [1.29, 1.82) is 0 Å². The average molecular weight is 288 g/mol. The van der Waals surface area contributed by atoms with Gasteiger partial charge >= 0.3 is 0 Å². The van der Waals surface area contributed by atoms with Crippen LogP contribution in [0.25, 0.3) is 0 Å². The molecule has 21 heavy (non-hydrogen) atoms. The highest BCUT2D eigenvalue weighted by Gasteiger charge is 2.10. The van der Waals surface area contributed by atoms with Crippen molar-refractivity contribution in [2.24, 2.45) is 0 Å². The van der Waals surface area contributed by atoms with Gasteiger partial charge in [0.15, 0.2) is 5.78 Å². The first-order valence-electron chi connectivity index (χ1n) is 6.77. The summed E-state index contributed by atoms with van der Waals surface area (Å²) in [5, 5.41) is 8.98. The molecule has 2 aromatic rings. The van der Waals surface area contributed by atoms with Gasteiger partial charge in [0.1, 0.15) is 18.2 Å². The van der Waals surface area contributed by atoms with Crippen LogP contribution in [0.4, 0.5) is 4.39 Å². The molecule has 0 bridgehead atoms. The number of rotatable bonds is 7. The fraction of sp³-hybridized carbons (Fsp3) is 0.235. The summed E-state index contributed by atoms with van der Waals surface area (Å²) in [6.07, 6.45) is 0.479. The zero-order chi connectivity index (χ0) is 15.1. The van der Waals surface area contributed by atoms with Gasteiger partial charge in [-0.15, -0.1) is 0 Å². The van der Waals surface area contributed by atoms with Gasteiger partial charge in [0, 0.05) is 13.0 Å². The molecule has 4 heteroatoms. The molecule has 0 aliphatic rings. The highest BCUT2D eigenvalue weighted by molar-refractivity contribution is 5.82. The van der Waals surface area contributed by atoms with Crippen molar-refractivity contribution in [2.45, 2.75) is 12.8 Å². The zero-order valence-electron chi connectivity index (χ0n) is 11.6. The molecule has 110 valence electrons. The molecule has 3 nitrogen and oxygen atoms in total. The molecule has 0 spiro atoms. The van der Waals surface area contributed by atoms with Gasteiger partial charge < -0.3 is 9.84 Å². The number of hydrogen-bond acceptors (Lipinski definition) is 3. The highest BCUT2D eigenvalue weighted by Crippen LogP contribution is 2.18.